The number of piperidine rings is 1. The molecule has 1 aromatic carbocycles. The van der Waals surface area contributed by atoms with Gasteiger partial charge in [-0.1, -0.05) is 29.8 Å². The number of aryl methyl sites for hydroxylation is 1. The number of likely N-dealkylation sites (tertiary alicyclic amines) is 1. The van der Waals surface area contributed by atoms with Crippen molar-refractivity contribution in [3.8, 4) is 0 Å². The molecule has 0 atom stereocenters. The van der Waals surface area contributed by atoms with Gasteiger partial charge >= 0.3 is 0 Å². The molecular weight excluding hydrogens is 350 g/mol. The highest BCUT2D eigenvalue weighted by molar-refractivity contribution is 5.81. The quantitative estimate of drug-likeness (QED) is 0.824. The second kappa shape index (κ2) is 9.03. The third kappa shape index (κ3) is 4.07. The number of hydrogen-bond acceptors (Lipinski definition) is 4. The molecule has 0 bridgehead atoms. The van der Waals surface area contributed by atoms with Gasteiger partial charge in [0.2, 0.25) is 0 Å². The fourth-order valence-corrected chi connectivity index (χ4v) is 4.32. The summed E-state index contributed by atoms with van der Waals surface area (Å²) in [7, 11) is 2.19. The van der Waals surface area contributed by atoms with Crippen molar-refractivity contribution < 1.29 is 9.84 Å². The molecule has 0 radical (unpaired) electrons. The van der Waals surface area contributed by atoms with Crippen molar-refractivity contribution in [2.24, 2.45) is 0 Å². The minimum absolute atomic E-state index is 0.0503. The van der Waals surface area contributed by atoms with Gasteiger partial charge < -0.3 is 19.3 Å². The molecule has 0 aliphatic carbocycles. The number of aromatic nitrogens is 2. The molecule has 0 saturated carbocycles. The number of rotatable bonds is 1. The highest BCUT2D eigenvalue weighted by Gasteiger charge is 2.25. The first-order valence-electron chi connectivity index (χ1n) is 10.5. The Labute approximate surface area is 167 Å². The summed E-state index contributed by atoms with van der Waals surface area (Å²) >= 11 is 0. The molecular formula is C23H31N3O2. The fourth-order valence-electron chi connectivity index (χ4n) is 4.32. The first-order chi connectivity index (χ1) is 13.8. The zero-order valence-corrected chi connectivity index (χ0v) is 16.9. The maximum absolute atomic E-state index is 9.64. The predicted octanol–water partition coefficient (Wildman–Crippen LogP) is 3.26. The van der Waals surface area contributed by atoms with Gasteiger partial charge in [0, 0.05) is 38.4 Å². The second-order valence-electron chi connectivity index (χ2n) is 7.89. The van der Waals surface area contributed by atoms with Crippen molar-refractivity contribution >= 4 is 5.57 Å². The van der Waals surface area contributed by atoms with Crippen LogP contribution >= 0.6 is 0 Å². The van der Waals surface area contributed by atoms with Crippen LogP contribution in [0.5, 0.6) is 0 Å². The molecule has 28 heavy (non-hydrogen) atoms. The average Bonchev–Trinajstić information content (AvgIpc) is 3.40. The van der Waals surface area contributed by atoms with Crippen LogP contribution in [0.25, 0.3) is 5.57 Å². The van der Waals surface area contributed by atoms with Crippen molar-refractivity contribution in [1.29, 1.82) is 0 Å². The molecule has 3 aliphatic heterocycles. The van der Waals surface area contributed by atoms with Crippen molar-refractivity contribution in [2.75, 3.05) is 33.4 Å². The SMILES string of the molecule is C1CCOC1.CN1CCC(=C2c3ccccc3CCn3c(CO)cnc32)CC1. The normalized spacial score (nSPS) is 19.5. The van der Waals surface area contributed by atoms with Crippen LogP contribution in [0.3, 0.4) is 0 Å². The Morgan fingerprint density at radius 2 is 1.79 bits per heavy atom. The zero-order valence-electron chi connectivity index (χ0n) is 16.9. The Morgan fingerprint density at radius 3 is 2.46 bits per heavy atom. The second-order valence-corrected chi connectivity index (χ2v) is 7.89. The molecule has 2 aromatic rings. The van der Waals surface area contributed by atoms with E-state index in [1.807, 2.05) is 6.20 Å². The minimum atomic E-state index is 0.0503. The summed E-state index contributed by atoms with van der Waals surface area (Å²) in [5.41, 5.74) is 6.46. The summed E-state index contributed by atoms with van der Waals surface area (Å²) in [5.74, 6) is 1.04. The molecule has 4 heterocycles. The summed E-state index contributed by atoms with van der Waals surface area (Å²) in [5, 5.41) is 9.64. The van der Waals surface area contributed by atoms with Crippen molar-refractivity contribution in [3.63, 3.8) is 0 Å². The number of fused-ring (bicyclic) bond motifs is 2. The molecule has 1 N–H and O–H groups in total. The summed E-state index contributed by atoms with van der Waals surface area (Å²) in [6.45, 7) is 5.15. The average molecular weight is 382 g/mol. The maximum atomic E-state index is 9.64. The number of benzene rings is 1. The number of imidazole rings is 1. The van der Waals surface area contributed by atoms with Crippen LogP contribution < -0.4 is 0 Å². The number of nitrogens with zero attached hydrogens (tertiary/aromatic N) is 3. The third-order valence-electron chi connectivity index (χ3n) is 5.99. The summed E-state index contributed by atoms with van der Waals surface area (Å²) < 4.78 is 7.15. The summed E-state index contributed by atoms with van der Waals surface area (Å²) in [6, 6.07) is 8.71. The summed E-state index contributed by atoms with van der Waals surface area (Å²) in [6.07, 6.45) is 7.57. The van der Waals surface area contributed by atoms with Gasteiger partial charge in [-0.2, -0.15) is 0 Å². The van der Waals surface area contributed by atoms with Gasteiger partial charge in [-0.05, 0) is 50.3 Å². The van der Waals surface area contributed by atoms with E-state index in [9.17, 15) is 5.11 Å². The van der Waals surface area contributed by atoms with Crippen molar-refractivity contribution in [2.45, 2.75) is 45.3 Å². The molecule has 2 fully saturated rings. The topological polar surface area (TPSA) is 50.5 Å². The lowest BCUT2D eigenvalue weighted by Crippen LogP contribution is -2.27. The largest absolute Gasteiger partial charge is 0.390 e. The van der Waals surface area contributed by atoms with Gasteiger partial charge in [0.1, 0.15) is 5.82 Å². The highest BCUT2D eigenvalue weighted by Crippen LogP contribution is 2.36. The summed E-state index contributed by atoms with van der Waals surface area (Å²) in [4.78, 5) is 7.08. The van der Waals surface area contributed by atoms with E-state index in [-0.39, 0.29) is 6.61 Å². The Balaban J connectivity index is 0.000000336. The molecule has 150 valence electrons. The minimum Gasteiger partial charge on any atom is -0.390 e. The molecule has 5 nitrogen and oxygen atoms in total. The molecule has 1 aromatic heterocycles. The van der Waals surface area contributed by atoms with Gasteiger partial charge in [-0.25, -0.2) is 4.98 Å². The zero-order chi connectivity index (χ0) is 19.3. The highest BCUT2D eigenvalue weighted by atomic mass is 16.5. The van der Waals surface area contributed by atoms with Crippen LogP contribution in [-0.2, 0) is 24.3 Å². The Kier molecular flexibility index (Phi) is 6.25. The van der Waals surface area contributed by atoms with E-state index in [1.54, 1.807) is 0 Å². The van der Waals surface area contributed by atoms with Crippen LogP contribution in [0.1, 0.15) is 48.3 Å². The van der Waals surface area contributed by atoms with Crippen molar-refractivity contribution in [3.05, 3.63) is 58.7 Å². The van der Waals surface area contributed by atoms with Crippen LogP contribution in [0.15, 0.2) is 36.0 Å². The molecule has 0 amide bonds. The van der Waals surface area contributed by atoms with E-state index in [1.165, 1.54) is 35.1 Å². The first kappa shape index (κ1) is 19.4. The van der Waals surface area contributed by atoms with Crippen LogP contribution in [0.4, 0.5) is 0 Å². The maximum Gasteiger partial charge on any atom is 0.140 e. The number of aliphatic hydroxyl groups is 1. The molecule has 2 saturated heterocycles. The monoisotopic (exact) mass is 381 g/mol. The Morgan fingerprint density at radius 1 is 1.04 bits per heavy atom. The molecule has 5 rings (SSSR count). The van der Waals surface area contributed by atoms with E-state index in [0.717, 1.165) is 63.6 Å². The van der Waals surface area contributed by atoms with Gasteiger partial charge in [-0.3, -0.25) is 0 Å². The van der Waals surface area contributed by atoms with Crippen LogP contribution in [0, 0.1) is 0 Å². The van der Waals surface area contributed by atoms with Gasteiger partial charge in [0.05, 0.1) is 18.5 Å². The molecule has 3 aliphatic rings. The van der Waals surface area contributed by atoms with Crippen molar-refractivity contribution in [1.82, 2.24) is 14.5 Å². The molecule has 0 unspecified atom stereocenters. The van der Waals surface area contributed by atoms with E-state index in [0.29, 0.717) is 0 Å². The first-order valence-corrected chi connectivity index (χ1v) is 10.5. The number of hydrogen-bond donors (Lipinski definition) is 1. The number of aliphatic hydroxyl groups excluding tert-OH is 1. The lowest BCUT2D eigenvalue weighted by Gasteiger charge is -2.26. The fraction of sp³-hybridized carbons (Fsp3) is 0.522. The van der Waals surface area contributed by atoms with Gasteiger partial charge in [0.15, 0.2) is 0 Å². The predicted molar refractivity (Wildman–Crippen MR) is 111 cm³/mol. The third-order valence-corrected chi connectivity index (χ3v) is 5.99. The van der Waals surface area contributed by atoms with E-state index < -0.39 is 0 Å². The molecule has 5 heteroatoms. The number of ether oxygens (including phenoxy) is 1. The van der Waals surface area contributed by atoms with Gasteiger partial charge in [0.25, 0.3) is 0 Å². The lowest BCUT2D eigenvalue weighted by atomic mass is 9.90. The van der Waals surface area contributed by atoms with E-state index in [2.05, 4.69) is 40.8 Å². The Hall–Kier alpha value is -1.95. The van der Waals surface area contributed by atoms with E-state index >= 15 is 0 Å². The standard InChI is InChI=1S/C19H23N3O.C4H8O/c1-21-9-6-15(7-10-21)18-17-5-3-2-4-14(17)8-11-22-16(13-23)12-20-19(18)22;1-2-4-5-3-1/h2-5,12,23H,6-11,13H2,1H3;1-4H2. The van der Waals surface area contributed by atoms with Crippen LogP contribution in [0.2, 0.25) is 0 Å². The molecule has 0 spiro atoms. The Bertz CT molecular complexity index is 819. The van der Waals surface area contributed by atoms with E-state index in [4.69, 9.17) is 9.72 Å². The van der Waals surface area contributed by atoms with Gasteiger partial charge in [-0.15, -0.1) is 0 Å². The van der Waals surface area contributed by atoms with Crippen LogP contribution in [-0.4, -0.2) is 52.9 Å². The smallest absolute Gasteiger partial charge is 0.140 e. The lowest BCUT2D eigenvalue weighted by molar-refractivity contribution is 0.198.